The molecular weight excluding hydrogens is 232 g/mol. The minimum Gasteiger partial charge on any atom is -0.508 e. The maximum Gasteiger partial charge on any atom is 0.250 e. The van der Waals surface area contributed by atoms with Crippen molar-refractivity contribution < 1.29 is 14.3 Å². The first kappa shape index (κ1) is 14.2. The predicted molar refractivity (Wildman–Crippen MR) is 71.0 cm³/mol. The van der Waals surface area contributed by atoms with Crippen molar-refractivity contribution in [3.63, 3.8) is 0 Å². The number of para-hydroxylation sites is 1. The van der Waals surface area contributed by atoms with Gasteiger partial charge in [0.25, 0.3) is 0 Å². The third-order valence-electron chi connectivity index (χ3n) is 2.44. The zero-order chi connectivity index (χ0) is 12.5. The molecule has 0 saturated heterocycles. The van der Waals surface area contributed by atoms with Crippen LogP contribution in [0.25, 0.3) is 0 Å². The van der Waals surface area contributed by atoms with Crippen LogP contribution in [-0.4, -0.2) is 34.0 Å². The van der Waals surface area contributed by atoms with E-state index < -0.39 is 9.04 Å². The summed E-state index contributed by atoms with van der Waals surface area (Å²) in [5.74, 6) is 0.355. The van der Waals surface area contributed by atoms with Crippen LogP contribution < -0.4 is 5.19 Å². The molecule has 0 aliphatic rings. The van der Waals surface area contributed by atoms with E-state index >= 15 is 0 Å². The normalized spacial score (nSPS) is 11.0. The Balaban J connectivity index is 2.41. The highest BCUT2D eigenvalue weighted by molar-refractivity contribution is 6.68. The summed E-state index contributed by atoms with van der Waals surface area (Å²) in [5, 5.41) is 10.7. The Morgan fingerprint density at radius 3 is 2.59 bits per heavy atom. The third kappa shape index (κ3) is 4.89. The second-order valence-corrected chi connectivity index (χ2v) is 6.07. The lowest BCUT2D eigenvalue weighted by molar-refractivity contribution is 0.131. The number of ether oxygens (including phenoxy) is 1. The van der Waals surface area contributed by atoms with Gasteiger partial charge < -0.3 is 14.3 Å². The first-order chi connectivity index (χ1) is 8.29. The van der Waals surface area contributed by atoms with Crippen LogP contribution in [0.3, 0.4) is 0 Å². The summed E-state index contributed by atoms with van der Waals surface area (Å²) in [5.41, 5.74) is 0. The molecule has 0 saturated carbocycles. The molecule has 1 N–H and O–H groups in total. The molecule has 3 nitrogen and oxygen atoms in total. The van der Waals surface area contributed by atoms with Crippen LogP contribution in [0, 0.1) is 0 Å². The van der Waals surface area contributed by atoms with E-state index in [-0.39, 0.29) is 0 Å². The minimum absolute atomic E-state index is 0.355. The van der Waals surface area contributed by atoms with Crippen LogP contribution in [0.5, 0.6) is 5.75 Å². The molecule has 0 atom stereocenters. The molecule has 1 aromatic rings. The molecule has 95 valence electrons. The van der Waals surface area contributed by atoms with Crippen molar-refractivity contribution in [1.29, 1.82) is 0 Å². The van der Waals surface area contributed by atoms with Crippen molar-refractivity contribution >= 4 is 14.2 Å². The van der Waals surface area contributed by atoms with Gasteiger partial charge in [0.15, 0.2) is 0 Å². The summed E-state index contributed by atoms with van der Waals surface area (Å²) in [6, 6.07) is 8.41. The summed E-state index contributed by atoms with van der Waals surface area (Å²) in [4.78, 5) is 0. The Bertz CT molecular complexity index is 317. The quantitative estimate of drug-likeness (QED) is 0.569. The average molecular weight is 253 g/mol. The molecular formula is C13H21O3Si. The van der Waals surface area contributed by atoms with Crippen LogP contribution in [0.2, 0.25) is 6.04 Å². The highest BCUT2D eigenvalue weighted by atomic mass is 28.3. The topological polar surface area (TPSA) is 38.7 Å². The lowest BCUT2D eigenvalue weighted by Gasteiger charge is -2.15. The van der Waals surface area contributed by atoms with E-state index in [2.05, 4.69) is 6.92 Å². The molecule has 17 heavy (non-hydrogen) atoms. The molecule has 0 aliphatic carbocycles. The number of hydrogen-bond acceptors (Lipinski definition) is 3. The Morgan fingerprint density at radius 1 is 1.18 bits per heavy atom. The molecule has 1 radical (unpaired) electrons. The van der Waals surface area contributed by atoms with Crippen molar-refractivity contribution in [2.24, 2.45) is 0 Å². The zero-order valence-electron chi connectivity index (χ0n) is 10.6. The van der Waals surface area contributed by atoms with E-state index in [9.17, 15) is 5.11 Å². The second-order valence-electron chi connectivity index (χ2n) is 3.69. The maximum atomic E-state index is 9.77. The lowest BCUT2D eigenvalue weighted by atomic mass is 10.3. The number of benzene rings is 1. The van der Waals surface area contributed by atoms with Gasteiger partial charge in [-0.25, -0.2) is 0 Å². The van der Waals surface area contributed by atoms with Gasteiger partial charge >= 0.3 is 0 Å². The Labute approximate surface area is 105 Å². The van der Waals surface area contributed by atoms with E-state index in [4.69, 9.17) is 9.16 Å². The summed E-state index contributed by atoms with van der Waals surface area (Å²) < 4.78 is 11.1. The molecule has 4 heteroatoms. The van der Waals surface area contributed by atoms with Gasteiger partial charge in [-0.2, -0.15) is 0 Å². The molecule has 0 amide bonds. The molecule has 0 aliphatic heterocycles. The predicted octanol–water partition coefficient (Wildman–Crippen LogP) is 2.05. The summed E-state index contributed by atoms with van der Waals surface area (Å²) >= 11 is 0. The molecule has 0 fully saturated rings. The maximum absolute atomic E-state index is 9.77. The Kier molecular flexibility index (Phi) is 6.92. The monoisotopic (exact) mass is 253 g/mol. The molecule has 0 heterocycles. The molecule has 0 spiro atoms. The second kappa shape index (κ2) is 8.28. The summed E-state index contributed by atoms with van der Waals surface area (Å²) in [6.45, 7) is 6.30. The van der Waals surface area contributed by atoms with Gasteiger partial charge in [0.1, 0.15) is 5.75 Å². The van der Waals surface area contributed by atoms with Gasteiger partial charge in [0.2, 0.25) is 9.04 Å². The van der Waals surface area contributed by atoms with E-state index in [1.165, 1.54) is 0 Å². The van der Waals surface area contributed by atoms with E-state index in [1.54, 1.807) is 6.07 Å². The van der Waals surface area contributed by atoms with Gasteiger partial charge in [-0.15, -0.1) is 0 Å². The van der Waals surface area contributed by atoms with Crippen LogP contribution in [0.1, 0.15) is 20.3 Å². The van der Waals surface area contributed by atoms with E-state index in [1.807, 2.05) is 25.1 Å². The summed E-state index contributed by atoms with van der Waals surface area (Å²) in [7, 11) is -1.08. The largest absolute Gasteiger partial charge is 0.508 e. The van der Waals surface area contributed by atoms with Crippen LogP contribution in [-0.2, 0) is 9.16 Å². The van der Waals surface area contributed by atoms with Gasteiger partial charge in [-0.3, -0.25) is 0 Å². The Hall–Kier alpha value is -0.843. The lowest BCUT2D eigenvalue weighted by Crippen LogP contribution is -2.33. The molecule has 1 rings (SSSR count). The van der Waals surface area contributed by atoms with Crippen molar-refractivity contribution in [3.8, 4) is 5.75 Å². The fourth-order valence-corrected chi connectivity index (χ4v) is 3.36. The SMILES string of the molecule is CCOCCCO[Si](CC)c1ccccc1O. The van der Waals surface area contributed by atoms with Crippen molar-refractivity contribution in [1.82, 2.24) is 0 Å². The zero-order valence-corrected chi connectivity index (χ0v) is 11.6. The summed E-state index contributed by atoms with van der Waals surface area (Å²) in [6.07, 6.45) is 0.912. The number of hydrogen-bond donors (Lipinski definition) is 1. The number of phenols is 1. The highest BCUT2D eigenvalue weighted by Crippen LogP contribution is 2.08. The minimum atomic E-state index is -1.08. The van der Waals surface area contributed by atoms with E-state index in [0.717, 1.165) is 30.9 Å². The van der Waals surface area contributed by atoms with Gasteiger partial charge in [0, 0.05) is 25.0 Å². The average Bonchev–Trinajstić information content (AvgIpc) is 2.35. The Morgan fingerprint density at radius 2 is 1.94 bits per heavy atom. The fraction of sp³-hybridized carbons (Fsp3) is 0.538. The van der Waals surface area contributed by atoms with Gasteiger partial charge in [0.05, 0.1) is 0 Å². The first-order valence-corrected chi connectivity index (χ1v) is 7.75. The van der Waals surface area contributed by atoms with Gasteiger partial charge in [-0.05, 0) is 25.5 Å². The van der Waals surface area contributed by atoms with Crippen molar-refractivity contribution in [2.75, 3.05) is 19.8 Å². The van der Waals surface area contributed by atoms with Crippen LogP contribution in [0.15, 0.2) is 24.3 Å². The van der Waals surface area contributed by atoms with Crippen molar-refractivity contribution in [2.45, 2.75) is 26.3 Å². The molecule has 0 aromatic heterocycles. The first-order valence-electron chi connectivity index (χ1n) is 6.14. The highest BCUT2D eigenvalue weighted by Gasteiger charge is 2.16. The van der Waals surface area contributed by atoms with Crippen molar-refractivity contribution in [3.05, 3.63) is 24.3 Å². The number of aromatic hydroxyl groups is 1. The molecule has 0 bridgehead atoms. The van der Waals surface area contributed by atoms with Crippen LogP contribution in [0.4, 0.5) is 0 Å². The van der Waals surface area contributed by atoms with Crippen LogP contribution >= 0.6 is 0 Å². The number of rotatable bonds is 8. The third-order valence-corrected chi connectivity index (χ3v) is 4.66. The number of phenolic OH excluding ortho intramolecular Hbond substituents is 1. The molecule has 0 unspecified atom stereocenters. The van der Waals surface area contributed by atoms with Gasteiger partial charge in [-0.1, -0.05) is 25.1 Å². The fourth-order valence-electron chi connectivity index (χ4n) is 1.58. The molecule has 1 aromatic carbocycles. The van der Waals surface area contributed by atoms with E-state index in [0.29, 0.717) is 12.4 Å². The standard InChI is InChI=1S/C13H21O3Si/c1-3-15-10-7-11-16-17(4-2)13-9-6-5-8-12(13)14/h5-6,8-9,14H,3-4,7,10-11H2,1-2H3. The smallest absolute Gasteiger partial charge is 0.250 e.